The van der Waals surface area contributed by atoms with Crippen molar-refractivity contribution in [2.24, 2.45) is 0 Å². The first-order chi connectivity index (χ1) is 9.04. The molecule has 3 heterocycles. The summed E-state index contributed by atoms with van der Waals surface area (Å²) in [5, 5.41) is 3.82. The van der Waals surface area contributed by atoms with Gasteiger partial charge in [0.2, 0.25) is 0 Å². The van der Waals surface area contributed by atoms with Crippen molar-refractivity contribution in [3.63, 3.8) is 0 Å². The van der Waals surface area contributed by atoms with Crippen LogP contribution < -0.4 is 5.32 Å². The van der Waals surface area contributed by atoms with Gasteiger partial charge in [0.25, 0.3) is 0 Å². The van der Waals surface area contributed by atoms with E-state index in [1.807, 2.05) is 6.92 Å². The Hall–Kier alpha value is -0.800. The summed E-state index contributed by atoms with van der Waals surface area (Å²) in [4.78, 5) is 2.59. The van der Waals surface area contributed by atoms with E-state index < -0.39 is 0 Å². The van der Waals surface area contributed by atoms with Crippen molar-refractivity contribution in [2.45, 2.75) is 70.6 Å². The third-order valence-corrected chi connectivity index (χ3v) is 5.13. The van der Waals surface area contributed by atoms with Gasteiger partial charge in [0.05, 0.1) is 0 Å². The molecule has 3 heteroatoms. The molecule has 3 rings (SSSR count). The third kappa shape index (κ3) is 2.46. The summed E-state index contributed by atoms with van der Waals surface area (Å²) in [5.74, 6) is 2.08. The molecule has 1 N–H and O–H groups in total. The molecule has 2 fully saturated rings. The first-order valence-corrected chi connectivity index (χ1v) is 7.59. The van der Waals surface area contributed by atoms with Gasteiger partial charge in [-0.15, -0.1) is 0 Å². The van der Waals surface area contributed by atoms with E-state index in [1.54, 1.807) is 0 Å². The zero-order valence-corrected chi connectivity index (χ0v) is 12.6. The number of aryl methyl sites for hydroxylation is 2. The summed E-state index contributed by atoms with van der Waals surface area (Å²) in [6.07, 6.45) is 5.37. The van der Waals surface area contributed by atoms with Crippen LogP contribution in [0.4, 0.5) is 0 Å². The molecule has 2 bridgehead atoms. The molecule has 0 aliphatic carbocycles. The Bertz CT molecular complexity index is 440. The Morgan fingerprint density at radius 1 is 1.26 bits per heavy atom. The third-order valence-electron chi connectivity index (χ3n) is 5.13. The lowest BCUT2D eigenvalue weighted by Gasteiger charge is -2.37. The van der Waals surface area contributed by atoms with Crippen LogP contribution in [0.2, 0.25) is 0 Å². The molecule has 0 amide bonds. The zero-order chi connectivity index (χ0) is 13.6. The highest BCUT2D eigenvalue weighted by Gasteiger charge is 2.38. The molecule has 3 atom stereocenters. The lowest BCUT2D eigenvalue weighted by molar-refractivity contribution is 0.144. The number of nitrogens with zero attached hydrogens (tertiary/aromatic N) is 1. The Morgan fingerprint density at radius 2 is 1.89 bits per heavy atom. The lowest BCUT2D eigenvalue weighted by atomic mass is 9.96. The average Bonchev–Trinajstić information content (AvgIpc) is 2.77. The topological polar surface area (TPSA) is 28.4 Å². The highest BCUT2D eigenvalue weighted by molar-refractivity contribution is 5.23. The minimum Gasteiger partial charge on any atom is -0.466 e. The maximum Gasteiger partial charge on any atom is 0.105 e. The predicted octanol–water partition coefficient (Wildman–Crippen LogP) is 3.17. The van der Waals surface area contributed by atoms with Crippen LogP contribution in [0.5, 0.6) is 0 Å². The molecule has 106 valence electrons. The summed E-state index contributed by atoms with van der Waals surface area (Å²) in [7, 11) is 2.30. The molecule has 0 spiro atoms. The summed E-state index contributed by atoms with van der Waals surface area (Å²) in [6, 6.07) is 4.84. The van der Waals surface area contributed by atoms with Crippen LogP contribution in [-0.4, -0.2) is 30.1 Å². The molecular formula is C16H26N2O. The van der Waals surface area contributed by atoms with Gasteiger partial charge in [-0.2, -0.15) is 0 Å². The second-order valence-electron chi connectivity index (χ2n) is 6.48. The normalized spacial score (nSPS) is 32.7. The monoisotopic (exact) mass is 262 g/mol. The van der Waals surface area contributed by atoms with Gasteiger partial charge < -0.3 is 14.6 Å². The first kappa shape index (κ1) is 13.2. The quantitative estimate of drug-likeness (QED) is 0.907. The molecule has 0 aromatic carbocycles. The lowest BCUT2D eigenvalue weighted by Crippen LogP contribution is -2.47. The molecule has 2 aliphatic rings. The van der Waals surface area contributed by atoms with Gasteiger partial charge in [-0.05, 0) is 59.6 Å². The molecular weight excluding hydrogens is 236 g/mol. The number of hydrogen-bond acceptors (Lipinski definition) is 3. The van der Waals surface area contributed by atoms with Crippen molar-refractivity contribution >= 4 is 0 Å². The number of furan rings is 1. The maximum atomic E-state index is 5.65. The van der Waals surface area contributed by atoms with E-state index in [9.17, 15) is 0 Å². The Morgan fingerprint density at radius 3 is 2.42 bits per heavy atom. The molecule has 19 heavy (non-hydrogen) atoms. The van der Waals surface area contributed by atoms with Crippen LogP contribution in [0.1, 0.15) is 55.7 Å². The van der Waals surface area contributed by atoms with Gasteiger partial charge >= 0.3 is 0 Å². The molecule has 2 aliphatic heterocycles. The SMILES string of the molecule is Cc1cc(C(C)NC2CC3CCC(C2)N3C)c(C)o1. The van der Waals surface area contributed by atoms with E-state index >= 15 is 0 Å². The van der Waals surface area contributed by atoms with Crippen molar-refractivity contribution < 1.29 is 4.42 Å². The fraction of sp³-hybridized carbons (Fsp3) is 0.750. The largest absolute Gasteiger partial charge is 0.466 e. The molecule has 2 saturated heterocycles. The second-order valence-corrected chi connectivity index (χ2v) is 6.48. The van der Waals surface area contributed by atoms with E-state index in [0.29, 0.717) is 12.1 Å². The molecule has 1 aromatic heterocycles. The number of fused-ring (bicyclic) bond motifs is 2. The number of piperidine rings is 1. The van der Waals surface area contributed by atoms with E-state index in [4.69, 9.17) is 4.42 Å². The fourth-order valence-electron chi connectivity index (χ4n) is 4.07. The van der Waals surface area contributed by atoms with E-state index in [-0.39, 0.29) is 0 Å². The average molecular weight is 262 g/mol. The summed E-state index contributed by atoms with van der Waals surface area (Å²) in [6.45, 7) is 6.36. The van der Waals surface area contributed by atoms with Crippen molar-refractivity contribution in [3.8, 4) is 0 Å². The van der Waals surface area contributed by atoms with Crippen molar-refractivity contribution in [1.82, 2.24) is 10.2 Å². The highest BCUT2D eigenvalue weighted by atomic mass is 16.3. The van der Waals surface area contributed by atoms with Crippen LogP contribution in [0, 0.1) is 13.8 Å². The van der Waals surface area contributed by atoms with Crippen LogP contribution in [-0.2, 0) is 0 Å². The predicted molar refractivity (Wildman–Crippen MR) is 77.3 cm³/mol. The highest BCUT2D eigenvalue weighted by Crippen LogP contribution is 2.35. The van der Waals surface area contributed by atoms with Crippen LogP contribution in [0.15, 0.2) is 10.5 Å². The Kier molecular flexibility index (Phi) is 3.44. The minimum absolute atomic E-state index is 0.394. The number of nitrogens with one attached hydrogen (secondary N) is 1. The maximum absolute atomic E-state index is 5.65. The van der Waals surface area contributed by atoms with Gasteiger partial charge in [0, 0.05) is 29.7 Å². The van der Waals surface area contributed by atoms with Gasteiger partial charge in [-0.25, -0.2) is 0 Å². The van der Waals surface area contributed by atoms with Crippen molar-refractivity contribution in [1.29, 1.82) is 0 Å². The van der Waals surface area contributed by atoms with Crippen molar-refractivity contribution in [2.75, 3.05) is 7.05 Å². The summed E-state index contributed by atoms with van der Waals surface area (Å²) in [5.41, 5.74) is 1.32. The van der Waals surface area contributed by atoms with Crippen LogP contribution >= 0.6 is 0 Å². The number of hydrogen-bond donors (Lipinski definition) is 1. The molecule has 0 saturated carbocycles. The van der Waals surface area contributed by atoms with Gasteiger partial charge in [0.1, 0.15) is 11.5 Å². The molecule has 1 aromatic rings. The second kappa shape index (κ2) is 4.95. The minimum atomic E-state index is 0.394. The Balaban J connectivity index is 1.64. The van der Waals surface area contributed by atoms with Crippen LogP contribution in [0.3, 0.4) is 0 Å². The Labute approximate surface area is 116 Å². The summed E-state index contributed by atoms with van der Waals surface area (Å²) < 4.78 is 5.65. The van der Waals surface area contributed by atoms with Crippen LogP contribution in [0.25, 0.3) is 0 Å². The smallest absolute Gasteiger partial charge is 0.105 e. The van der Waals surface area contributed by atoms with E-state index in [2.05, 4.69) is 37.2 Å². The van der Waals surface area contributed by atoms with E-state index in [1.165, 1.54) is 31.2 Å². The molecule has 3 nitrogen and oxygen atoms in total. The van der Waals surface area contributed by atoms with Gasteiger partial charge in [-0.3, -0.25) is 0 Å². The van der Waals surface area contributed by atoms with Gasteiger partial charge in [0.15, 0.2) is 0 Å². The number of rotatable bonds is 3. The van der Waals surface area contributed by atoms with E-state index in [0.717, 1.165) is 23.6 Å². The first-order valence-electron chi connectivity index (χ1n) is 7.59. The summed E-state index contributed by atoms with van der Waals surface area (Å²) >= 11 is 0. The fourth-order valence-corrected chi connectivity index (χ4v) is 4.07. The van der Waals surface area contributed by atoms with Crippen molar-refractivity contribution in [3.05, 3.63) is 23.2 Å². The zero-order valence-electron chi connectivity index (χ0n) is 12.6. The standard InChI is InChI=1S/C16H26N2O/c1-10-7-16(12(3)19-10)11(2)17-13-8-14-5-6-15(9-13)18(14)4/h7,11,13-15,17H,5-6,8-9H2,1-4H3. The molecule has 0 radical (unpaired) electrons. The molecule has 3 unspecified atom stereocenters. The van der Waals surface area contributed by atoms with Gasteiger partial charge in [-0.1, -0.05) is 0 Å².